The molecule has 8 nitrogen and oxygen atoms in total. The molecule has 0 aliphatic carbocycles. The van der Waals surface area contributed by atoms with Gasteiger partial charge in [0, 0.05) is 24.4 Å². The van der Waals surface area contributed by atoms with Crippen molar-refractivity contribution in [2.24, 2.45) is 5.73 Å². The molecule has 1 saturated heterocycles. The maximum atomic E-state index is 12.4. The maximum absolute atomic E-state index is 12.4. The molecule has 3 N–H and O–H groups in total. The van der Waals surface area contributed by atoms with E-state index in [1.54, 1.807) is 31.2 Å². The van der Waals surface area contributed by atoms with Gasteiger partial charge in [0.1, 0.15) is 17.7 Å². The van der Waals surface area contributed by atoms with E-state index in [0.717, 1.165) is 0 Å². The number of carbonyl (C=O) groups is 2. The van der Waals surface area contributed by atoms with Crippen LogP contribution in [0.2, 0.25) is 0 Å². The molecule has 1 aromatic carbocycles. The van der Waals surface area contributed by atoms with Gasteiger partial charge in [0.15, 0.2) is 0 Å². The predicted octanol–water partition coefficient (Wildman–Crippen LogP) is 0.850. The molecule has 2 heterocycles. The van der Waals surface area contributed by atoms with E-state index in [4.69, 9.17) is 15.2 Å². The van der Waals surface area contributed by atoms with Gasteiger partial charge >= 0.3 is 0 Å². The fraction of sp³-hybridized carbons (Fsp3) is 0.333. The Hall–Kier alpha value is -3.00. The molecular formula is C18H20N4O4. The lowest BCUT2D eigenvalue weighted by Gasteiger charge is -2.32. The van der Waals surface area contributed by atoms with Crippen LogP contribution in [-0.4, -0.2) is 47.1 Å². The molecule has 136 valence electrons. The average Bonchev–Trinajstić information content (AvgIpc) is 2.64. The van der Waals surface area contributed by atoms with Gasteiger partial charge in [-0.2, -0.15) is 0 Å². The summed E-state index contributed by atoms with van der Waals surface area (Å²) in [6, 6.07) is 6.26. The number of aryl methyl sites for hydroxylation is 1. The number of primary amides is 1. The van der Waals surface area contributed by atoms with Crippen molar-refractivity contribution in [1.82, 2.24) is 15.3 Å². The third-order valence-corrected chi connectivity index (χ3v) is 4.08. The zero-order valence-corrected chi connectivity index (χ0v) is 14.3. The number of ether oxygens (including phenoxy) is 2. The summed E-state index contributed by atoms with van der Waals surface area (Å²) >= 11 is 0. The van der Waals surface area contributed by atoms with Crippen molar-refractivity contribution in [3.8, 4) is 5.75 Å². The van der Waals surface area contributed by atoms with Gasteiger partial charge in [-0.25, -0.2) is 9.97 Å². The summed E-state index contributed by atoms with van der Waals surface area (Å²) in [5.74, 6) is 0.425. The van der Waals surface area contributed by atoms with Crippen LogP contribution in [0, 0.1) is 6.92 Å². The molecule has 26 heavy (non-hydrogen) atoms. The van der Waals surface area contributed by atoms with Crippen LogP contribution >= 0.6 is 0 Å². The SMILES string of the molecule is Cc1ncc(C(=O)N[C@@H]2COCC[C@H]2Oc2ccc(C(N)=O)cc2)cn1. The van der Waals surface area contributed by atoms with E-state index >= 15 is 0 Å². The van der Waals surface area contributed by atoms with Crippen molar-refractivity contribution in [2.75, 3.05) is 13.2 Å². The molecule has 2 atom stereocenters. The summed E-state index contributed by atoms with van der Waals surface area (Å²) in [7, 11) is 0. The fourth-order valence-electron chi connectivity index (χ4n) is 2.63. The first kappa shape index (κ1) is 17.8. The molecule has 0 radical (unpaired) electrons. The standard InChI is InChI=1S/C18H20N4O4/c1-11-20-8-13(9-21-11)18(24)22-15-10-25-7-6-16(15)26-14-4-2-12(3-5-14)17(19)23/h2-5,8-9,15-16H,6-7,10H2,1H3,(H2,19,23)(H,22,24)/t15-,16-/m1/s1. The lowest BCUT2D eigenvalue weighted by Crippen LogP contribution is -2.51. The van der Waals surface area contributed by atoms with Crippen LogP contribution in [0.5, 0.6) is 5.75 Å². The molecule has 1 aliphatic heterocycles. The maximum Gasteiger partial charge on any atom is 0.254 e. The van der Waals surface area contributed by atoms with Crippen molar-refractivity contribution < 1.29 is 19.1 Å². The first-order chi connectivity index (χ1) is 12.5. The Morgan fingerprint density at radius 1 is 1.19 bits per heavy atom. The van der Waals surface area contributed by atoms with Crippen molar-refractivity contribution >= 4 is 11.8 Å². The summed E-state index contributed by atoms with van der Waals surface area (Å²) in [4.78, 5) is 31.6. The highest BCUT2D eigenvalue weighted by atomic mass is 16.5. The van der Waals surface area contributed by atoms with Crippen molar-refractivity contribution in [3.05, 3.63) is 53.6 Å². The highest BCUT2D eigenvalue weighted by Crippen LogP contribution is 2.19. The van der Waals surface area contributed by atoms with Crippen LogP contribution in [0.1, 0.15) is 33.0 Å². The molecule has 1 fully saturated rings. The van der Waals surface area contributed by atoms with Crippen LogP contribution < -0.4 is 15.8 Å². The zero-order chi connectivity index (χ0) is 18.5. The minimum atomic E-state index is -0.493. The highest BCUT2D eigenvalue weighted by Gasteiger charge is 2.29. The summed E-state index contributed by atoms with van der Waals surface area (Å²) < 4.78 is 11.4. The molecule has 3 rings (SSSR count). The molecule has 1 aliphatic rings. The van der Waals surface area contributed by atoms with Gasteiger partial charge in [0.05, 0.1) is 24.8 Å². The number of rotatable bonds is 5. The number of nitrogens with two attached hydrogens (primary N) is 1. The minimum Gasteiger partial charge on any atom is -0.488 e. The minimum absolute atomic E-state index is 0.251. The second-order valence-corrected chi connectivity index (χ2v) is 6.01. The largest absolute Gasteiger partial charge is 0.488 e. The van der Waals surface area contributed by atoms with E-state index < -0.39 is 5.91 Å². The van der Waals surface area contributed by atoms with E-state index in [1.165, 1.54) is 12.4 Å². The summed E-state index contributed by atoms with van der Waals surface area (Å²) in [5.41, 5.74) is 6.03. The zero-order valence-electron chi connectivity index (χ0n) is 14.3. The van der Waals surface area contributed by atoms with E-state index in [0.29, 0.717) is 42.3 Å². The predicted molar refractivity (Wildman–Crippen MR) is 92.8 cm³/mol. The normalized spacial score (nSPS) is 19.6. The number of carbonyl (C=O) groups excluding carboxylic acids is 2. The number of nitrogens with one attached hydrogen (secondary N) is 1. The Kier molecular flexibility index (Phi) is 5.43. The number of aromatic nitrogens is 2. The average molecular weight is 356 g/mol. The Bertz CT molecular complexity index is 777. The molecule has 0 spiro atoms. The Morgan fingerprint density at radius 2 is 1.88 bits per heavy atom. The van der Waals surface area contributed by atoms with Gasteiger partial charge in [-0.15, -0.1) is 0 Å². The number of hydrogen-bond donors (Lipinski definition) is 2. The molecular weight excluding hydrogens is 336 g/mol. The molecule has 2 aromatic rings. The second kappa shape index (κ2) is 7.92. The van der Waals surface area contributed by atoms with Gasteiger partial charge in [0.2, 0.25) is 5.91 Å². The monoisotopic (exact) mass is 356 g/mol. The van der Waals surface area contributed by atoms with Crippen LogP contribution in [0.15, 0.2) is 36.7 Å². The van der Waals surface area contributed by atoms with Gasteiger partial charge in [-0.3, -0.25) is 9.59 Å². The van der Waals surface area contributed by atoms with Crippen molar-refractivity contribution in [1.29, 1.82) is 0 Å². The number of benzene rings is 1. The quantitative estimate of drug-likeness (QED) is 0.820. The van der Waals surface area contributed by atoms with Gasteiger partial charge in [-0.05, 0) is 31.2 Å². The molecule has 1 aromatic heterocycles. The number of amides is 2. The van der Waals surface area contributed by atoms with Crippen LogP contribution in [-0.2, 0) is 4.74 Å². The Labute approximate surface area is 150 Å². The molecule has 8 heteroatoms. The Morgan fingerprint density at radius 3 is 2.54 bits per heavy atom. The van der Waals surface area contributed by atoms with E-state index in [1.807, 2.05) is 0 Å². The van der Waals surface area contributed by atoms with Gasteiger partial charge < -0.3 is 20.5 Å². The highest BCUT2D eigenvalue weighted by molar-refractivity contribution is 5.94. The van der Waals surface area contributed by atoms with Crippen LogP contribution in [0.3, 0.4) is 0 Å². The van der Waals surface area contributed by atoms with E-state index in [9.17, 15) is 9.59 Å². The molecule has 0 bridgehead atoms. The number of nitrogens with zero attached hydrogens (tertiary/aromatic N) is 2. The fourth-order valence-corrected chi connectivity index (χ4v) is 2.63. The summed E-state index contributed by atoms with van der Waals surface area (Å²) in [5, 5.41) is 2.91. The lowest BCUT2D eigenvalue weighted by molar-refractivity contribution is -0.00289. The van der Waals surface area contributed by atoms with Crippen molar-refractivity contribution in [2.45, 2.75) is 25.5 Å². The molecule has 2 amide bonds. The van der Waals surface area contributed by atoms with Crippen molar-refractivity contribution in [3.63, 3.8) is 0 Å². The first-order valence-corrected chi connectivity index (χ1v) is 8.26. The van der Waals surface area contributed by atoms with Crippen LogP contribution in [0.25, 0.3) is 0 Å². The smallest absolute Gasteiger partial charge is 0.254 e. The summed E-state index contributed by atoms with van der Waals surface area (Å²) in [6.45, 7) is 2.65. The lowest BCUT2D eigenvalue weighted by atomic mass is 10.1. The third-order valence-electron chi connectivity index (χ3n) is 4.08. The van der Waals surface area contributed by atoms with Gasteiger partial charge in [-0.1, -0.05) is 0 Å². The van der Waals surface area contributed by atoms with Gasteiger partial charge in [0.25, 0.3) is 5.91 Å². The molecule has 0 unspecified atom stereocenters. The number of hydrogen-bond acceptors (Lipinski definition) is 6. The topological polar surface area (TPSA) is 116 Å². The van der Waals surface area contributed by atoms with E-state index in [-0.39, 0.29) is 18.1 Å². The Balaban J connectivity index is 1.66. The summed E-state index contributed by atoms with van der Waals surface area (Å²) in [6.07, 6.45) is 3.35. The first-order valence-electron chi connectivity index (χ1n) is 8.26. The van der Waals surface area contributed by atoms with Crippen LogP contribution in [0.4, 0.5) is 0 Å². The second-order valence-electron chi connectivity index (χ2n) is 6.01. The molecule has 0 saturated carbocycles. The van der Waals surface area contributed by atoms with E-state index in [2.05, 4.69) is 15.3 Å². The third kappa shape index (κ3) is 4.34.